The first-order chi connectivity index (χ1) is 17.7. The van der Waals surface area contributed by atoms with Crippen molar-refractivity contribution in [2.75, 3.05) is 10.6 Å². The summed E-state index contributed by atoms with van der Waals surface area (Å²) in [4.78, 5) is 62.4. The number of nitro benzene ring substituents is 1. The van der Waals surface area contributed by atoms with Gasteiger partial charge in [-0.05, 0) is 24.3 Å². The van der Waals surface area contributed by atoms with Gasteiger partial charge in [0.15, 0.2) is 11.1 Å². The molecule has 0 bridgehead atoms. The number of benzene rings is 2. The first-order valence-electron chi connectivity index (χ1n) is 10.4. The van der Waals surface area contributed by atoms with E-state index in [0.717, 1.165) is 16.6 Å². The number of carboxylic acid groups (broad SMARTS) is 1. The van der Waals surface area contributed by atoms with Crippen LogP contribution in [-0.2, 0) is 20.9 Å². The Balaban J connectivity index is 1.65. The predicted molar refractivity (Wildman–Crippen MR) is 135 cm³/mol. The third-order valence-corrected chi connectivity index (χ3v) is 5.69. The van der Waals surface area contributed by atoms with Crippen LogP contribution in [0.2, 0.25) is 0 Å². The quantitative estimate of drug-likeness (QED) is 0.218. The number of rotatable bonds is 7. The Morgan fingerprint density at radius 1 is 1.30 bits per heavy atom. The van der Waals surface area contributed by atoms with Crippen LogP contribution in [0.3, 0.4) is 0 Å². The van der Waals surface area contributed by atoms with Crippen LogP contribution >= 0.6 is 15.9 Å². The largest absolute Gasteiger partial charge is 0.477 e. The third kappa shape index (κ3) is 5.54. The molecule has 1 aliphatic heterocycles. The zero-order chi connectivity index (χ0) is 26.7. The van der Waals surface area contributed by atoms with Crippen LogP contribution in [0.4, 0.5) is 27.5 Å². The number of aldehydes is 1. The number of hydrogen-bond donors (Lipinski definition) is 3. The number of carboxylic acids is 1. The fourth-order valence-corrected chi connectivity index (χ4v) is 3.89. The Morgan fingerprint density at radius 3 is 2.76 bits per heavy atom. The molecular weight excluding hydrogens is 554 g/mol. The molecule has 0 saturated carbocycles. The summed E-state index contributed by atoms with van der Waals surface area (Å²) >= 11 is 3.28. The number of aliphatic carboxylic acids is 1. The molecule has 0 saturated heterocycles. The van der Waals surface area contributed by atoms with E-state index < -0.39 is 46.5 Å². The van der Waals surface area contributed by atoms with E-state index in [9.17, 15) is 34.4 Å². The van der Waals surface area contributed by atoms with Crippen LogP contribution in [0.25, 0.3) is 5.69 Å². The van der Waals surface area contributed by atoms with Crippen LogP contribution in [0.15, 0.2) is 69.1 Å². The van der Waals surface area contributed by atoms with E-state index in [1.54, 1.807) is 24.3 Å². The molecule has 1 amide bonds. The highest BCUT2D eigenvalue weighted by atomic mass is 79.9. The first-order valence-corrected chi connectivity index (χ1v) is 11.2. The molecule has 14 heteroatoms. The predicted octanol–water partition coefficient (Wildman–Crippen LogP) is 3.41. The van der Waals surface area contributed by atoms with Gasteiger partial charge in [-0.3, -0.25) is 20.2 Å². The lowest BCUT2D eigenvalue weighted by Gasteiger charge is -2.22. The molecule has 2 aromatic carbocycles. The molecule has 0 fully saturated rings. The number of nitrogens with one attached hydrogen (secondary N) is 2. The molecule has 3 N–H and O–H groups in total. The number of nitrogens with zero attached hydrogens (tertiary/aromatic N) is 3. The topological polar surface area (TPSA) is 182 Å². The number of fused-ring (bicyclic) bond motifs is 1. The van der Waals surface area contributed by atoms with Crippen LogP contribution in [0, 0.1) is 10.1 Å². The molecule has 1 atom stereocenters. The third-order valence-electron chi connectivity index (χ3n) is 5.20. The molecule has 13 nitrogen and oxygen atoms in total. The van der Waals surface area contributed by atoms with Crippen molar-refractivity contribution in [3.05, 3.63) is 85.2 Å². The summed E-state index contributed by atoms with van der Waals surface area (Å²) in [5, 5.41) is 26.3. The normalized spacial score (nSPS) is 14.0. The summed E-state index contributed by atoms with van der Waals surface area (Å²) in [5.41, 5.74) is -0.792. The summed E-state index contributed by atoms with van der Waals surface area (Å²) < 4.78 is 7.13. The van der Waals surface area contributed by atoms with E-state index in [2.05, 4.69) is 31.6 Å². The Labute approximate surface area is 215 Å². The minimum atomic E-state index is -1.43. The minimum Gasteiger partial charge on any atom is -0.477 e. The summed E-state index contributed by atoms with van der Waals surface area (Å²) in [5.74, 6) is -1.43. The number of pyridine rings is 1. The number of nitro groups is 1. The van der Waals surface area contributed by atoms with Gasteiger partial charge < -0.3 is 24.5 Å². The average Bonchev–Trinajstić information content (AvgIpc) is 2.86. The number of halogens is 1. The van der Waals surface area contributed by atoms with Crippen molar-refractivity contribution in [2.24, 2.45) is 4.99 Å². The molecule has 0 radical (unpaired) electrons. The summed E-state index contributed by atoms with van der Waals surface area (Å²) in [6.07, 6.45) is 2.04. The molecule has 2 heterocycles. The molecule has 0 aliphatic carbocycles. The van der Waals surface area contributed by atoms with E-state index in [4.69, 9.17) is 4.74 Å². The van der Waals surface area contributed by atoms with Gasteiger partial charge in [0.25, 0.3) is 5.69 Å². The number of aromatic nitrogens is 1. The molecular formula is C23H16BrN5O8. The number of amides is 1. The zero-order valence-electron chi connectivity index (χ0n) is 18.6. The van der Waals surface area contributed by atoms with Crippen molar-refractivity contribution in [1.82, 2.24) is 4.57 Å². The average molecular weight is 570 g/mol. The monoisotopic (exact) mass is 569 g/mol. The molecule has 188 valence electrons. The second-order valence-corrected chi connectivity index (χ2v) is 8.54. The summed E-state index contributed by atoms with van der Waals surface area (Å²) in [6, 6.07) is 8.99. The second kappa shape index (κ2) is 10.4. The van der Waals surface area contributed by atoms with Gasteiger partial charge >= 0.3 is 12.1 Å². The molecule has 4 rings (SSSR count). The molecule has 1 unspecified atom stereocenters. The molecule has 3 aromatic rings. The Bertz CT molecular complexity index is 1530. The first kappa shape index (κ1) is 25.2. The van der Waals surface area contributed by atoms with Crippen molar-refractivity contribution in [2.45, 2.75) is 12.6 Å². The lowest BCUT2D eigenvalue weighted by atomic mass is 10.1. The maximum absolute atomic E-state index is 12.4. The van der Waals surface area contributed by atoms with Gasteiger partial charge in [0.05, 0.1) is 21.9 Å². The Morgan fingerprint density at radius 2 is 2.08 bits per heavy atom. The number of ether oxygens (including phenoxy) is 1. The van der Waals surface area contributed by atoms with E-state index in [-0.39, 0.29) is 22.6 Å². The van der Waals surface area contributed by atoms with Crippen molar-refractivity contribution in [3.63, 3.8) is 0 Å². The van der Waals surface area contributed by atoms with E-state index in [1.807, 2.05) is 0 Å². The second-order valence-electron chi connectivity index (χ2n) is 7.63. The number of carbonyl (C=O) groups excluding carboxylic acids is 2. The van der Waals surface area contributed by atoms with Crippen molar-refractivity contribution >= 4 is 62.7 Å². The van der Waals surface area contributed by atoms with Gasteiger partial charge in [-0.15, -0.1) is 0 Å². The van der Waals surface area contributed by atoms with Crippen molar-refractivity contribution < 1.29 is 29.2 Å². The number of anilines is 2. The van der Waals surface area contributed by atoms with Crippen LogP contribution in [0.1, 0.15) is 5.56 Å². The molecule has 1 aliphatic rings. The SMILES string of the molecule is O=CC1Nc2cc([N+](=O)[O-])c(-n3ccc(=O)c(COC(=O)Nc4cccc(Br)c4)c3)cc2N=C1C(=O)O. The highest BCUT2D eigenvalue weighted by Crippen LogP contribution is 2.37. The fourth-order valence-electron chi connectivity index (χ4n) is 3.49. The molecule has 37 heavy (non-hydrogen) atoms. The van der Waals surface area contributed by atoms with E-state index in [0.29, 0.717) is 12.0 Å². The van der Waals surface area contributed by atoms with Gasteiger partial charge in [-0.2, -0.15) is 0 Å². The number of hydrogen-bond acceptors (Lipinski definition) is 9. The lowest BCUT2D eigenvalue weighted by Crippen LogP contribution is -2.38. The summed E-state index contributed by atoms with van der Waals surface area (Å²) in [6.45, 7) is -0.428. The molecule has 0 spiro atoms. The van der Waals surface area contributed by atoms with Gasteiger partial charge in [-0.25, -0.2) is 14.6 Å². The maximum atomic E-state index is 12.4. The van der Waals surface area contributed by atoms with Gasteiger partial charge in [0.2, 0.25) is 0 Å². The smallest absolute Gasteiger partial charge is 0.411 e. The number of aliphatic imine (C=N–C) groups is 1. The Kier molecular flexibility index (Phi) is 7.11. The van der Waals surface area contributed by atoms with Gasteiger partial charge in [0, 0.05) is 34.7 Å². The van der Waals surface area contributed by atoms with Gasteiger partial charge in [0.1, 0.15) is 24.6 Å². The van der Waals surface area contributed by atoms with Crippen molar-refractivity contribution in [3.8, 4) is 5.69 Å². The minimum absolute atomic E-state index is 0.0211. The lowest BCUT2D eigenvalue weighted by molar-refractivity contribution is -0.384. The van der Waals surface area contributed by atoms with Crippen LogP contribution in [0.5, 0.6) is 0 Å². The van der Waals surface area contributed by atoms with E-state index >= 15 is 0 Å². The summed E-state index contributed by atoms with van der Waals surface area (Å²) in [7, 11) is 0. The van der Waals surface area contributed by atoms with E-state index in [1.165, 1.54) is 23.0 Å². The highest BCUT2D eigenvalue weighted by molar-refractivity contribution is 9.10. The maximum Gasteiger partial charge on any atom is 0.411 e. The fraction of sp³-hybridized carbons (Fsp3) is 0.0870. The number of carbonyl (C=O) groups is 3. The standard InChI is InChI=1S/C23H16BrN5O8/c24-13-2-1-3-14(6-13)25-23(34)37-11-12-9-28(5-4-20(12)31)18-7-16-15(8-19(18)29(35)36)26-17(10-30)21(27-16)22(32)33/h1-10,17,26H,11H2,(H,25,34)(H,32,33). The highest BCUT2D eigenvalue weighted by Gasteiger charge is 2.30. The van der Waals surface area contributed by atoms with Crippen LogP contribution < -0.4 is 16.1 Å². The zero-order valence-corrected chi connectivity index (χ0v) is 20.2. The Hall–Kier alpha value is -4.85. The van der Waals surface area contributed by atoms with Crippen LogP contribution in [-0.4, -0.2) is 44.7 Å². The van der Waals surface area contributed by atoms with Crippen molar-refractivity contribution in [1.29, 1.82) is 0 Å². The van der Waals surface area contributed by atoms with Gasteiger partial charge in [-0.1, -0.05) is 22.0 Å². The molecule has 1 aromatic heterocycles.